The van der Waals surface area contributed by atoms with Crippen LogP contribution in [0.3, 0.4) is 0 Å². The van der Waals surface area contributed by atoms with Gasteiger partial charge in [0.1, 0.15) is 11.5 Å². The first kappa shape index (κ1) is 24.9. The van der Waals surface area contributed by atoms with Crippen LogP contribution in [0.2, 0.25) is 0 Å². The molecule has 7 aromatic carbocycles. The third-order valence-electron chi connectivity index (χ3n) is 9.17. The molecule has 208 valence electrons. The van der Waals surface area contributed by atoms with Crippen LogP contribution >= 0.6 is 0 Å². The number of allylic oxidation sites excluding steroid dienone is 3. The minimum Gasteiger partial charge on any atom is -0.461 e. The fourth-order valence-corrected chi connectivity index (χ4v) is 7.03. The van der Waals surface area contributed by atoms with Gasteiger partial charge < -0.3 is 9.64 Å². The Hall–Kier alpha value is -5.60. The van der Waals surface area contributed by atoms with Gasteiger partial charge in [0.2, 0.25) is 0 Å². The summed E-state index contributed by atoms with van der Waals surface area (Å²) in [6, 6.07) is 52.5. The van der Waals surface area contributed by atoms with Crippen LogP contribution in [0.5, 0.6) is 5.75 Å². The van der Waals surface area contributed by atoms with E-state index < -0.39 is 0 Å². The monoisotopic (exact) mass is 563 g/mol. The van der Waals surface area contributed by atoms with E-state index in [2.05, 4.69) is 163 Å². The van der Waals surface area contributed by atoms with Gasteiger partial charge in [0.25, 0.3) is 0 Å². The number of benzene rings is 7. The second-order valence-corrected chi connectivity index (χ2v) is 11.7. The van der Waals surface area contributed by atoms with E-state index in [-0.39, 0.29) is 5.92 Å². The Morgan fingerprint density at radius 3 is 2.14 bits per heavy atom. The van der Waals surface area contributed by atoms with Crippen molar-refractivity contribution >= 4 is 43.7 Å². The molecular weight excluding hydrogens is 534 g/mol. The lowest BCUT2D eigenvalue weighted by Gasteiger charge is -2.30. The van der Waals surface area contributed by atoms with Crippen molar-refractivity contribution in [2.75, 3.05) is 4.90 Å². The molecule has 1 heterocycles. The molecule has 0 saturated heterocycles. The van der Waals surface area contributed by atoms with Crippen LogP contribution in [0.15, 0.2) is 169 Å². The van der Waals surface area contributed by atoms with Crippen molar-refractivity contribution in [3.05, 3.63) is 175 Å². The second-order valence-electron chi connectivity index (χ2n) is 11.7. The first-order chi connectivity index (χ1) is 21.8. The number of nitrogens with zero attached hydrogens (tertiary/aromatic N) is 1. The minimum atomic E-state index is 0.265. The van der Waals surface area contributed by atoms with Gasteiger partial charge in [-0.15, -0.1) is 0 Å². The Morgan fingerprint density at radius 1 is 0.523 bits per heavy atom. The van der Waals surface area contributed by atoms with Gasteiger partial charge in [-0.25, -0.2) is 0 Å². The summed E-state index contributed by atoms with van der Waals surface area (Å²) in [7, 11) is 0. The number of hydrogen-bond donors (Lipinski definition) is 0. The van der Waals surface area contributed by atoms with Crippen molar-refractivity contribution < 1.29 is 4.74 Å². The molecule has 2 aliphatic rings. The van der Waals surface area contributed by atoms with Crippen molar-refractivity contribution in [1.29, 1.82) is 0 Å². The Labute approximate surface area is 256 Å². The Kier molecular flexibility index (Phi) is 5.67. The molecule has 0 aromatic heterocycles. The lowest BCUT2D eigenvalue weighted by molar-refractivity contribution is 0.424. The Bertz CT molecular complexity index is 2300. The fraction of sp³-hybridized carbons (Fsp3) is 0.0476. The lowest BCUT2D eigenvalue weighted by atomic mass is 9.91. The van der Waals surface area contributed by atoms with E-state index in [0.29, 0.717) is 0 Å². The molecule has 0 saturated carbocycles. The summed E-state index contributed by atoms with van der Waals surface area (Å²) in [5.41, 5.74) is 7.04. The van der Waals surface area contributed by atoms with Crippen LogP contribution in [-0.2, 0) is 0 Å². The predicted octanol–water partition coefficient (Wildman–Crippen LogP) is 11.3. The predicted molar refractivity (Wildman–Crippen MR) is 184 cm³/mol. The summed E-state index contributed by atoms with van der Waals surface area (Å²) in [5.74, 6) is 2.26. The molecule has 44 heavy (non-hydrogen) atoms. The van der Waals surface area contributed by atoms with Gasteiger partial charge in [-0.05, 0) is 80.2 Å². The van der Waals surface area contributed by atoms with E-state index in [0.717, 1.165) is 35.0 Å². The summed E-state index contributed by atoms with van der Waals surface area (Å²) in [5, 5.41) is 7.59. The average molecular weight is 564 g/mol. The highest BCUT2D eigenvalue weighted by Crippen LogP contribution is 2.47. The van der Waals surface area contributed by atoms with Crippen LogP contribution in [-0.4, -0.2) is 0 Å². The molecule has 0 bridgehead atoms. The molecule has 7 aromatic rings. The first-order valence-electron chi connectivity index (χ1n) is 15.3. The Morgan fingerprint density at radius 2 is 1.23 bits per heavy atom. The molecule has 9 rings (SSSR count). The number of para-hydroxylation sites is 1. The van der Waals surface area contributed by atoms with Crippen molar-refractivity contribution in [1.82, 2.24) is 0 Å². The highest BCUT2D eigenvalue weighted by molar-refractivity contribution is 6.17. The van der Waals surface area contributed by atoms with Crippen LogP contribution < -0.4 is 9.64 Å². The number of ether oxygens (including phenoxy) is 1. The number of fused-ring (bicyclic) bond motifs is 8. The molecule has 0 N–H and O–H groups in total. The smallest absolute Gasteiger partial charge is 0.130 e. The van der Waals surface area contributed by atoms with E-state index in [1.54, 1.807) is 0 Å². The second kappa shape index (κ2) is 10.00. The highest BCUT2D eigenvalue weighted by atomic mass is 16.5. The van der Waals surface area contributed by atoms with Gasteiger partial charge in [0.05, 0.1) is 0 Å². The quantitative estimate of drug-likeness (QED) is 0.198. The number of hydrogen-bond acceptors (Lipinski definition) is 2. The molecule has 0 fully saturated rings. The highest BCUT2D eigenvalue weighted by Gasteiger charge is 2.32. The zero-order chi connectivity index (χ0) is 29.0. The van der Waals surface area contributed by atoms with E-state index in [1.165, 1.54) is 49.0 Å². The molecule has 1 atom stereocenters. The third kappa shape index (κ3) is 4.03. The molecule has 2 nitrogen and oxygen atoms in total. The normalized spacial score (nSPS) is 15.4. The van der Waals surface area contributed by atoms with Crippen LogP contribution in [0.25, 0.3) is 43.4 Å². The topological polar surface area (TPSA) is 12.5 Å². The van der Waals surface area contributed by atoms with Gasteiger partial charge in [0, 0.05) is 34.6 Å². The largest absolute Gasteiger partial charge is 0.461 e. The minimum absolute atomic E-state index is 0.265. The van der Waals surface area contributed by atoms with Crippen LogP contribution in [0, 0.1) is 0 Å². The summed E-state index contributed by atoms with van der Waals surface area (Å²) < 4.78 is 6.42. The summed E-state index contributed by atoms with van der Waals surface area (Å²) in [4.78, 5) is 2.39. The molecule has 1 aliphatic heterocycles. The SMILES string of the molecule is C1=C2Oc3ccccc3C2CC=C1N(c1cccc(-c2ccccc2)c1)c1ccc2ccc3c4ccccc4ccc3c2c1. The zero-order valence-electron chi connectivity index (χ0n) is 24.2. The Balaban J connectivity index is 1.23. The average Bonchev–Trinajstić information content (AvgIpc) is 3.46. The van der Waals surface area contributed by atoms with Gasteiger partial charge in [-0.1, -0.05) is 121 Å². The summed E-state index contributed by atoms with van der Waals surface area (Å²) >= 11 is 0. The van der Waals surface area contributed by atoms with Crippen molar-refractivity contribution in [3.8, 4) is 16.9 Å². The van der Waals surface area contributed by atoms with Gasteiger partial charge in [0.15, 0.2) is 0 Å². The standard InChI is InChI=1S/C42H29NO/c1-2-9-28(10-3-1)31-12-8-13-32(25-31)43(34-21-24-39-38-15-6-7-16-41(38)44-42(39)27-34)33-20-17-30-19-22-36-35-14-5-4-11-29(35)18-23-37(36)40(30)26-33/h1-23,25-27,39H,24H2. The molecule has 0 radical (unpaired) electrons. The van der Waals surface area contributed by atoms with Crippen molar-refractivity contribution in [2.45, 2.75) is 12.3 Å². The third-order valence-corrected chi connectivity index (χ3v) is 9.17. The van der Waals surface area contributed by atoms with E-state index in [4.69, 9.17) is 4.74 Å². The van der Waals surface area contributed by atoms with E-state index in [9.17, 15) is 0 Å². The number of rotatable bonds is 4. The molecule has 0 spiro atoms. The molecule has 1 unspecified atom stereocenters. The van der Waals surface area contributed by atoms with Gasteiger partial charge in [-0.3, -0.25) is 0 Å². The molecular formula is C42H29NO. The fourth-order valence-electron chi connectivity index (χ4n) is 7.03. The summed E-state index contributed by atoms with van der Waals surface area (Å²) in [6.07, 6.45) is 5.51. The van der Waals surface area contributed by atoms with Gasteiger partial charge in [-0.2, -0.15) is 0 Å². The molecule has 0 amide bonds. The van der Waals surface area contributed by atoms with Crippen molar-refractivity contribution in [2.24, 2.45) is 0 Å². The summed E-state index contributed by atoms with van der Waals surface area (Å²) in [6.45, 7) is 0. The number of anilines is 2. The zero-order valence-corrected chi connectivity index (χ0v) is 24.2. The van der Waals surface area contributed by atoms with Crippen LogP contribution in [0.4, 0.5) is 11.4 Å². The maximum atomic E-state index is 6.42. The van der Waals surface area contributed by atoms with Crippen LogP contribution in [0.1, 0.15) is 17.9 Å². The first-order valence-corrected chi connectivity index (χ1v) is 15.3. The van der Waals surface area contributed by atoms with E-state index in [1.807, 2.05) is 0 Å². The molecule has 2 heteroatoms. The van der Waals surface area contributed by atoms with Gasteiger partial charge >= 0.3 is 0 Å². The van der Waals surface area contributed by atoms with E-state index >= 15 is 0 Å². The maximum Gasteiger partial charge on any atom is 0.130 e. The maximum absolute atomic E-state index is 6.42. The molecule has 1 aliphatic carbocycles. The lowest BCUT2D eigenvalue weighted by Crippen LogP contribution is -2.19. The van der Waals surface area contributed by atoms with Crippen molar-refractivity contribution in [3.63, 3.8) is 0 Å².